The van der Waals surface area contributed by atoms with Gasteiger partial charge < -0.3 is 5.11 Å². The Hall–Kier alpha value is -1.15. The van der Waals surface area contributed by atoms with Crippen molar-refractivity contribution in [3.05, 3.63) is 28.9 Å². The van der Waals surface area contributed by atoms with Gasteiger partial charge in [-0.25, -0.2) is 12.7 Å². The number of nitrogens with one attached hydrogen (secondary N) is 1. The SMILES string of the molecule is O=S(=O)(C1CC1)N1C[C@@H]2[C@H](C1)[C@]2(O)c1cc(Cl)cc2[nH]ncc12. The van der Waals surface area contributed by atoms with Gasteiger partial charge in [0.05, 0.1) is 22.6 Å². The fourth-order valence-corrected chi connectivity index (χ4v) is 6.21. The molecule has 0 bridgehead atoms. The molecule has 2 saturated carbocycles. The average Bonchev–Trinajstić information content (AvgIpc) is 3.30. The number of hydrogen-bond donors (Lipinski definition) is 2. The zero-order valence-corrected chi connectivity index (χ0v) is 13.8. The number of fused-ring (bicyclic) bond motifs is 2. The summed E-state index contributed by atoms with van der Waals surface area (Å²) in [7, 11) is -3.16. The first kappa shape index (κ1) is 14.2. The van der Waals surface area contributed by atoms with Crippen LogP contribution in [0.4, 0.5) is 0 Å². The molecular weight excluding hydrogens is 338 g/mol. The van der Waals surface area contributed by atoms with Gasteiger partial charge in [0, 0.05) is 35.3 Å². The minimum atomic E-state index is -3.16. The molecule has 6 nitrogen and oxygen atoms in total. The zero-order chi connectivity index (χ0) is 16.0. The van der Waals surface area contributed by atoms with Crippen molar-refractivity contribution >= 4 is 32.5 Å². The smallest absolute Gasteiger partial charge is 0.217 e. The number of aromatic amines is 1. The summed E-state index contributed by atoms with van der Waals surface area (Å²) in [5, 5.41) is 19.2. The van der Waals surface area contributed by atoms with Gasteiger partial charge in [0.15, 0.2) is 0 Å². The largest absolute Gasteiger partial charge is 0.384 e. The maximum absolute atomic E-state index is 12.3. The van der Waals surface area contributed by atoms with Crippen LogP contribution >= 0.6 is 11.6 Å². The van der Waals surface area contributed by atoms with Crippen molar-refractivity contribution in [3.8, 4) is 0 Å². The van der Waals surface area contributed by atoms with Gasteiger partial charge in [-0.05, 0) is 30.5 Å². The van der Waals surface area contributed by atoms with Gasteiger partial charge in [0.25, 0.3) is 0 Å². The van der Waals surface area contributed by atoms with Crippen LogP contribution in [-0.4, -0.2) is 46.4 Å². The number of aliphatic hydroxyl groups is 1. The van der Waals surface area contributed by atoms with Crippen LogP contribution in [0.1, 0.15) is 18.4 Å². The van der Waals surface area contributed by atoms with E-state index >= 15 is 0 Å². The summed E-state index contributed by atoms with van der Waals surface area (Å²) >= 11 is 6.16. The Labute approximate surface area is 138 Å². The number of aromatic nitrogens is 2. The fourth-order valence-electron chi connectivity index (χ4n) is 4.10. The molecule has 2 aliphatic carbocycles. The van der Waals surface area contributed by atoms with E-state index in [1.54, 1.807) is 22.6 Å². The van der Waals surface area contributed by atoms with E-state index in [1.807, 2.05) is 0 Å². The molecule has 0 amide bonds. The van der Waals surface area contributed by atoms with Crippen LogP contribution in [0.5, 0.6) is 0 Å². The van der Waals surface area contributed by atoms with E-state index in [-0.39, 0.29) is 17.1 Å². The molecule has 1 aromatic carbocycles. The monoisotopic (exact) mass is 353 g/mol. The Morgan fingerprint density at radius 2 is 2.00 bits per heavy atom. The molecule has 2 aromatic rings. The molecule has 5 rings (SSSR count). The maximum atomic E-state index is 12.3. The highest BCUT2D eigenvalue weighted by Gasteiger charge is 2.70. The van der Waals surface area contributed by atoms with Gasteiger partial charge in [0.2, 0.25) is 10.0 Å². The number of H-pyrrole nitrogens is 1. The van der Waals surface area contributed by atoms with Crippen molar-refractivity contribution in [1.29, 1.82) is 0 Å². The van der Waals surface area contributed by atoms with E-state index in [1.165, 1.54) is 0 Å². The molecular formula is C15H16ClN3O3S. The minimum Gasteiger partial charge on any atom is -0.384 e. The topological polar surface area (TPSA) is 86.3 Å². The predicted octanol–water partition coefficient (Wildman–Crippen LogP) is 1.46. The number of nitrogens with zero attached hydrogens (tertiary/aromatic N) is 2. The Morgan fingerprint density at radius 1 is 1.30 bits per heavy atom. The number of sulfonamides is 1. The molecule has 3 fully saturated rings. The normalized spacial score (nSPS) is 34.0. The second-order valence-electron chi connectivity index (χ2n) is 6.88. The minimum absolute atomic E-state index is 0.0624. The zero-order valence-electron chi connectivity index (χ0n) is 12.2. The lowest BCUT2D eigenvalue weighted by atomic mass is 9.99. The summed E-state index contributed by atoms with van der Waals surface area (Å²) in [6.45, 7) is 0.789. The second kappa shape index (κ2) is 4.27. The van der Waals surface area contributed by atoms with E-state index in [4.69, 9.17) is 11.6 Å². The molecule has 2 heterocycles. The second-order valence-corrected chi connectivity index (χ2v) is 9.53. The van der Waals surface area contributed by atoms with E-state index in [0.717, 1.165) is 29.3 Å². The third-order valence-electron chi connectivity index (χ3n) is 5.57. The van der Waals surface area contributed by atoms with Crippen LogP contribution in [0.15, 0.2) is 18.3 Å². The first-order chi connectivity index (χ1) is 10.9. The van der Waals surface area contributed by atoms with E-state index in [9.17, 15) is 13.5 Å². The van der Waals surface area contributed by atoms with Gasteiger partial charge in [0.1, 0.15) is 0 Å². The lowest BCUT2D eigenvalue weighted by Crippen LogP contribution is -2.37. The average molecular weight is 354 g/mol. The Kier molecular flexibility index (Phi) is 2.64. The third kappa shape index (κ3) is 1.82. The van der Waals surface area contributed by atoms with E-state index in [2.05, 4.69) is 10.2 Å². The van der Waals surface area contributed by atoms with E-state index < -0.39 is 15.6 Å². The van der Waals surface area contributed by atoms with Crippen LogP contribution in [-0.2, 0) is 15.6 Å². The summed E-state index contributed by atoms with van der Waals surface area (Å²) in [4.78, 5) is 0. The molecule has 0 unspecified atom stereocenters. The quantitative estimate of drug-likeness (QED) is 0.874. The van der Waals surface area contributed by atoms with Gasteiger partial charge in [-0.15, -0.1) is 0 Å². The van der Waals surface area contributed by atoms with Crippen LogP contribution < -0.4 is 0 Å². The maximum Gasteiger partial charge on any atom is 0.217 e. The number of rotatable bonds is 3. The number of benzene rings is 1. The first-order valence-corrected chi connectivity index (χ1v) is 9.65. The molecule has 122 valence electrons. The highest BCUT2D eigenvalue weighted by molar-refractivity contribution is 7.90. The summed E-state index contributed by atoms with van der Waals surface area (Å²) in [6, 6.07) is 3.55. The van der Waals surface area contributed by atoms with Gasteiger partial charge in [-0.1, -0.05) is 11.6 Å². The number of piperidine rings is 1. The Morgan fingerprint density at radius 3 is 2.65 bits per heavy atom. The van der Waals surface area contributed by atoms with Crippen LogP contribution in [0, 0.1) is 11.8 Å². The van der Waals surface area contributed by atoms with Crippen molar-refractivity contribution in [2.24, 2.45) is 11.8 Å². The molecule has 0 spiro atoms. The summed E-state index contributed by atoms with van der Waals surface area (Å²) in [6.07, 6.45) is 3.22. The van der Waals surface area contributed by atoms with Gasteiger partial charge in [-0.2, -0.15) is 5.10 Å². The summed E-state index contributed by atoms with van der Waals surface area (Å²) in [5.74, 6) is -0.125. The first-order valence-electron chi connectivity index (χ1n) is 7.77. The van der Waals surface area contributed by atoms with Crippen molar-refractivity contribution in [2.75, 3.05) is 13.1 Å². The summed E-state index contributed by atoms with van der Waals surface area (Å²) in [5.41, 5.74) is 0.545. The molecule has 3 atom stereocenters. The lowest BCUT2D eigenvalue weighted by molar-refractivity contribution is 0.0991. The lowest BCUT2D eigenvalue weighted by Gasteiger charge is -2.24. The standard InChI is InChI=1S/C15H16ClN3O3S/c16-8-3-11(10-5-17-18-14(10)4-8)15(20)12-6-19(7-13(12)15)23(21,22)9-1-2-9/h3-5,9,12-13,20H,1-2,6-7H2,(H,17,18)/t12-,13+,15+. The fraction of sp³-hybridized carbons (Fsp3) is 0.533. The third-order valence-corrected chi connectivity index (χ3v) is 8.12. The highest BCUT2D eigenvalue weighted by Crippen LogP contribution is 2.63. The molecule has 8 heteroatoms. The molecule has 0 radical (unpaired) electrons. The van der Waals surface area contributed by atoms with Crippen LogP contribution in [0.2, 0.25) is 5.02 Å². The molecule has 23 heavy (non-hydrogen) atoms. The van der Waals surface area contributed by atoms with Crippen LogP contribution in [0.25, 0.3) is 10.9 Å². The highest BCUT2D eigenvalue weighted by atomic mass is 35.5. The number of halogens is 1. The van der Waals surface area contributed by atoms with Gasteiger partial charge >= 0.3 is 0 Å². The summed E-state index contributed by atoms with van der Waals surface area (Å²) < 4.78 is 26.2. The Balaban J connectivity index is 1.49. The molecule has 1 aromatic heterocycles. The molecule has 2 N–H and O–H groups in total. The van der Waals surface area contributed by atoms with Crippen LogP contribution in [0.3, 0.4) is 0 Å². The van der Waals surface area contributed by atoms with Gasteiger partial charge in [-0.3, -0.25) is 5.10 Å². The molecule has 3 aliphatic rings. The predicted molar refractivity (Wildman–Crippen MR) is 85.5 cm³/mol. The van der Waals surface area contributed by atoms with Crippen molar-refractivity contribution in [3.63, 3.8) is 0 Å². The van der Waals surface area contributed by atoms with Crippen molar-refractivity contribution < 1.29 is 13.5 Å². The van der Waals surface area contributed by atoms with Crippen molar-refractivity contribution in [1.82, 2.24) is 14.5 Å². The molecule has 1 aliphatic heterocycles. The molecule has 1 saturated heterocycles. The van der Waals surface area contributed by atoms with E-state index in [0.29, 0.717) is 18.1 Å². The number of hydrogen-bond acceptors (Lipinski definition) is 4. The van der Waals surface area contributed by atoms with Crippen molar-refractivity contribution in [2.45, 2.75) is 23.7 Å². The Bertz CT molecular complexity index is 909.